The van der Waals surface area contributed by atoms with Crippen molar-refractivity contribution >= 4 is 23.1 Å². The lowest BCUT2D eigenvalue weighted by atomic mass is 10.1. The summed E-state index contributed by atoms with van der Waals surface area (Å²) in [5.74, 6) is 0.408. The van der Waals surface area contributed by atoms with Gasteiger partial charge in [0.05, 0.1) is 24.1 Å². The number of alkyl halides is 3. The van der Waals surface area contributed by atoms with Gasteiger partial charge >= 0.3 is 12.2 Å². The van der Waals surface area contributed by atoms with Gasteiger partial charge in [0.2, 0.25) is 5.65 Å². The van der Waals surface area contributed by atoms with Crippen molar-refractivity contribution in [1.29, 1.82) is 0 Å². The largest absolute Gasteiger partial charge is 0.495 e. The van der Waals surface area contributed by atoms with Gasteiger partial charge in [-0.3, -0.25) is 4.98 Å². The zero-order chi connectivity index (χ0) is 27.4. The Bertz CT molecular complexity index is 1620. The molecule has 0 saturated carbocycles. The van der Waals surface area contributed by atoms with Crippen LogP contribution in [0.5, 0.6) is 11.6 Å². The first-order valence-electron chi connectivity index (χ1n) is 11.6. The number of urea groups is 1. The van der Waals surface area contributed by atoms with Crippen LogP contribution in [0.2, 0.25) is 0 Å². The number of methoxy groups -OCH3 is 1. The van der Waals surface area contributed by atoms with Gasteiger partial charge in [0.15, 0.2) is 0 Å². The number of rotatable bonds is 7. The predicted octanol–water partition coefficient (Wildman–Crippen LogP) is 6.04. The Labute approximate surface area is 220 Å². The number of benzene rings is 2. The molecule has 2 aromatic carbocycles. The molecule has 5 aromatic rings. The first-order valence-corrected chi connectivity index (χ1v) is 11.6. The summed E-state index contributed by atoms with van der Waals surface area (Å²) in [5.41, 5.74) is 2.02. The summed E-state index contributed by atoms with van der Waals surface area (Å²) >= 11 is 0. The highest BCUT2D eigenvalue weighted by Gasteiger charge is 2.31. The molecule has 0 unspecified atom stereocenters. The van der Waals surface area contributed by atoms with Crippen LogP contribution in [0.3, 0.4) is 0 Å². The van der Waals surface area contributed by atoms with Crippen LogP contribution in [0.1, 0.15) is 11.1 Å². The van der Waals surface area contributed by atoms with E-state index in [1.807, 2.05) is 12.1 Å². The van der Waals surface area contributed by atoms with E-state index in [1.165, 1.54) is 7.11 Å². The standard InChI is InChI=1S/C27H21F3N6O3/c1-38-23-6-5-19(27(28,29)30)14-21(23)35-26(37)33-20-4-2-3-18(13-20)22-15-36-12-11-32-24(36)25(34-22)39-16-17-7-9-31-10-8-17/h2-15H,16H2,1H3,(H2,33,35,37). The van der Waals surface area contributed by atoms with Gasteiger partial charge in [-0.15, -0.1) is 0 Å². The molecule has 3 aromatic heterocycles. The Balaban J connectivity index is 1.36. The van der Waals surface area contributed by atoms with Crippen LogP contribution in [0, 0.1) is 0 Å². The number of ether oxygens (including phenoxy) is 2. The Morgan fingerprint density at radius 2 is 1.85 bits per heavy atom. The molecule has 5 rings (SSSR count). The second-order valence-electron chi connectivity index (χ2n) is 8.31. The molecular weight excluding hydrogens is 513 g/mol. The van der Waals surface area contributed by atoms with Crippen LogP contribution >= 0.6 is 0 Å². The maximum atomic E-state index is 13.1. The highest BCUT2D eigenvalue weighted by atomic mass is 19.4. The van der Waals surface area contributed by atoms with Crippen molar-refractivity contribution in [2.45, 2.75) is 12.8 Å². The van der Waals surface area contributed by atoms with Crippen molar-refractivity contribution in [3.05, 3.63) is 96.7 Å². The van der Waals surface area contributed by atoms with Gasteiger partial charge < -0.3 is 24.5 Å². The molecule has 39 heavy (non-hydrogen) atoms. The van der Waals surface area contributed by atoms with E-state index in [1.54, 1.807) is 59.7 Å². The molecule has 2 amide bonds. The van der Waals surface area contributed by atoms with Crippen LogP contribution in [0.25, 0.3) is 16.9 Å². The van der Waals surface area contributed by atoms with Gasteiger partial charge in [-0.05, 0) is 48.0 Å². The van der Waals surface area contributed by atoms with Crippen LogP contribution in [-0.2, 0) is 12.8 Å². The SMILES string of the molecule is COc1ccc(C(F)(F)F)cc1NC(=O)Nc1cccc(-c2cn3ccnc3c(OCc3ccncc3)n2)c1. The Kier molecular flexibility index (Phi) is 7.00. The minimum Gasteiger partial charge on any atom is -0.495 e. The number of carbonyl (C=O) groups excluding carboxylic acids is 1. The molecule has 0 fully saturated rings. The third-order valence-electron chi connectivity index (χ3n) is 5.66. The molecule has 3 heterocycles. The third-order valence-corrected chi connectivity index (χ3v) is 5.66. The molecular formula is C27H21F3N6O3. The number of hydrogen-bond acceptors (Lipinski definition) is 6. The number of imidazole rings is 1. The zero-order valence-corrected chi connectivity index (χ0v) is 20.4. The number of hydrogen-bond donors (Lipinski definition) is 2. The predicted molar refractivity (Wildman–Crippen MR) is 138 cm³/mol. The van der Waals surface area contributed by atoms with Crippen LogP contribution < -0.4 is 20.1 Å². The Morgan fingerprint density at radius 3 is 2.62 bits per heavy atom. The summed E-state index contributed by atoms with van der Waals surface area (Å²) in [6.07, 6.45) is 3.94. The maximum absolute atomic E-state index is 13.1. The smallest absolute Gasteiger partial charge is 0.416 e. The Morgan fingerprint density at radius 1 is 1.03 bits per heavy atom. The minimum atomic E-state index is -4.57. The van der Waals surface area contributed by atoms with Crippen molar-refractivity contribution < 1.29 is 27.4 Å². The van der Waals surface area contributed by atoms with Crippen molar-refractivity contribution in [2.75, 3.05) is 17.7 Å². The van der Waals surface area contributed by atoms with E-state index >= 15 is 0 Å². The van der Waals surface area contributed by atoms with E-state index in [-0.39, 0.29) is 18.0 Å². The van der Waals surface area contributed by atoms with Gasteiger partial charge in [0.1, 0.15) is 12.4 Å². The summed E-state index contributed by atoms with van der Waals surface area (Å²) < 4.78 is 52.2. The average Bonchev–Trinajstić information content (AvgIpc) is 3.41. The zero-order valence-electron chi connectivity index (χ0n) is 20.4. The highest BCUT2D eigenvalue weighted by Crippen LogP contribution is 2.35. The minimum absolute atomic E-state index is 0.0871. The van der Waals surface area contributed by atoms with E-state index < -0.39 is 17.8 Å². The van der Waals surface area contributed by atoms with Gasteiger partial charge in [0.25, 0.3) is 5.88 Å². The summed E-state index contributed by atoms with van der Waals surface area (Å²) in [6, 6.07) is 12.6. The van der Waals surface area contributed by atoms with Crippen molar-refractivity contribution in [2.24, 2.45) is 0 Å². The van der Waals surface area contributed by atoms with Gasteiger partial charge in [0, 0.05) is 42.2 Å². The normalized spacial score (nSPS) is 11.3. The fraction of sp³-hybridized carbons (Fsp3) is 0.111. The highest BCUT2D eigenvalue weighted by molar-refractivity contribution is 6.01. The number of pyridine rings is 1. The van der Waals surface area contributed by atoms with Crippen molar-refractivity contribution in [3.63, 3.8) is 0 Å². The molecule has 0 saturated heterocycles. The van der Waals surface area contributed by atoms with Crippen molar-refractivity contribution in [3.8, 4) is 22.9 Å². The van der Waals surface area contributed by atoms with Gasteiger partial charge in [-0.25, -0.2) is 14.8 Å². The molecule has 12 heteroatoms. The maximum Gasteiger partial charge on any atom is 0.416 e. The number of nitrogens with one attached hydrogen (secondary N) is 2. The van der Waals surface area contributed by atoms with Gasteiger partial charge in [-0.2, -0.15) is 13.2 Å². The molecule has 0 aliphatic heterocycles. The fourth-order valence-corrected chi connectivity index (χ4v) is 3.79. The Hall–Kier alpha value is -5.13. The van der Waals surface area contributed by atoms with Crippen LogP contribution in [0.15, 0.2) is 85.6 Å². The molecule has 0 bridgehead atoms. The van der Waals surface area contributed by atoms with E-state index in [0.717, 1.165) is 23.8 Å². The molecule has 0 aliphatic carbocycles. The fourth-order valence-electron chi connectivity index (χ4n) is 3.79. The molecule has 2 N–H and O–H groups in total. The molecule has 0 atom stereocenters. The molecule has 0 spiro atoms. The number of nitrogens with zero attached hydrogens (tertiary/aromatic N) is 4. The summed E-state index contributed by atoms with van der Waals surface area (Å²) in [7, 11) is 1.30. The van der Waals surface area contributed by atoms with E-state index in [2.05, 4.69) is 25.6 Å². The molecule has 9 nitrogen and oxygen atoms in total. The second kappa shape index (κ2) is 10.7. The monoisotopic (exact) mass is 534 g/mol. The first-order chi connectivity index (χ1) is 18.8. The third kappa shape index (κ3) is 5.90. The number of fused-ring (bicyclic) bond motifs is 1. The van der Waals surface area contributed by atoms with E-state index in [4.69, 9.17) is 9.47 Å². The van der Waals surface area contributed by atoms with Gasteiger partial charge in [-0.1, -0.05) is 12.1 Å². The molecule has 0 aliphatic rings. The van der Waals surface area contributed by atoms with Crippen LogP contribution in [0.4, 0.5) is 29.3 Å². The topological polar surface area (TPSA) is 103 Å². The summed E-state index contributed by atoms with van der Waals surface area (Å²) in [5, 5.41) is 5.05. The van der Waals surface area contributed by atoms with E-state index in [9.17, 15) is 18.0 Å². The lowest BCUT2D eigenvalue weighted by Crippen LogP contribution is -2.20. The number of anilines is 2. The summed E-state index contributed by atoms with van der Waals surface area (Å²) in [6.45, 7) is 0.266. The average molecular weight is 534 g/mol. The number of aromatic nitrogens is 4. The number of amides is 2. The lowest BCUT2D eigenvalue weighted by molar-refractivity contribution is -0.137. The summed E-state index contributed by atoms with van der Waals surface area (Å²) in [4.78, 5) is 25.6. The quantitative estimate of drug-likeness (QED) is 0.264. The molecule has 0 radical (unpaired) electrons. The number of carbonyl (C=O) groups is 1. The molecule has 198 valence electrons. The van der Waals surface area contributed by atoms with E-state index in [0.29, 0.717) is 28.5 Å². The van der Waals surface area contributed by atoms with Crippen molar-refractivity contribution in [1.82, 2.24) is 19.4 Å². The first kappa shape index (κ1) is 25.5. The lowest BCUT2D eigenvalue weighted by Gasteiger charge is -2.14. The second-order valence-corrected chi connectivity index (χ2v) is 8.31. The van der Waals surface area contributed by atoms with Crippen LogP contribution in [-0.4, -0.2) is 32.5 Å². The number of halogens is 3.